The molecule has 0 saturated carbocycles. The Balaban J connectivity index is 2.49. The molecule has 2 heterocycles. The van der Waals surface area contributed by atoms with E-state index in [0.717, 1.165) is 0 Å². The molecule has 0 aromatic carbocycles. The van der Waals surface area contributed by atoms with E-state index >= 15 is 0 Å². The van der Waals surface area contributed by atoms with E-state index in [4.69, 9.17) is 17.3 Å². The number of nitrogens with zero attached hydrogens (tertiary/aromatic N) is 3. The van der Waals surface area contributed by atoms with Crippen LogP contribution < -0.4 is 11.1 Å². The van der Waals surface area contributed by atoms with E-state index in [-0.39, 0.29) is 5.82 Å². The van der Waals surface area contributed by atoms with Crippen LogP contribution in [0.2, 0.25) is 5.02 Å². The van der Waals surface area contributed by atoms with Crippen LogP contribution >= 0.6 is 11.6 Å². The molecule has 6 nitrogen and oxygen atoms in total. The molecular weight excluding hydrogens is 230 g/mol. The second-order valence-electron chi connectivity index (χ2n) is 2.93. The standard InChI is InChI=1S/C9H8ClN5O/c10-6-2-1-3-12-9(6)15-8(11)7(4-14-15)13-5-16/h1-5H,11H2,(H,13,16). The zero-order chi connectivity index (χ0) is 11.5. The molecule has 7 heteroatoms. The predicted molar refractivity (Wildman–Crippen MR) is 60.5 cm³/mol. The van der Waals surface area contributed by atoms with E-state index in [9.17, 15) is 4.79 Å². The molecule has 3 N–H and O–H groups in total. The van der Waals surface area contributed by atoms with Crippen LogP contribution in [0.1, 0.15) is 0 Å². The fraction of sp³-hybridized carbons (Fsp3) is 0. The fourth-order valence-electron chi connectivity index (χ4n) is 1.23. The summed E-state index contributed by atoms with van der Waals surface area (Å²) in [6.45, 7) is 0. The lowest BCUT2D eigenvalue weighted by Crippen LogP contribution is -2.06. The highest BCUT2D eigenvalue weighted by Crippen LogP contribution is 2.23. The van der Waals surface area contributed by atoms with Crippen LogP contribution in [0.15, 0.2) is 24.5 Å². The van der Waals surface area contributed by atoms with Gasteiger partial charge in [0.25, 0.3) is 0 Å². The maximum Gasteiger partial charge on any atom is 0.211 e. The fourth-order valence-corrected chi connectivity index (χ4v) is 1.44. The van der Waals surface area contributed by atoms with Crippen molar-refractivity contribution in [1.29, 1.82) is 0 Å². The van der Waals surface area contributed by atoms with Gasteiger partial charge in [-0.05, 0) is 12.1 Å². The first-order valence-corrected chi connectivity index (χ1v) is 4.76. The Bertz CT molecular complexity index is 524. The van der Waals surface area contributed by atoms with Gasteiger partial charge in [0.2, 0.25) is 6.41 Å². The number of aromatic nitrogens is 3. The molecular formula is C9H8ClN5O. The lowest BCUT2D eigenvalue weighted by molar-refractivity contribution is -0.105. The molecule has 82 valence electrons. The molecule has 0 radical (unpaired) electrons. The number of hydrogen-bond acceptors (Lipinski definition) is 4. The highest BCUT2D eigenvalue weighted by Gasteiger charge is 2.11. The van der Waals surface area contributed by atoms with Gasteiger partial charge in [0.15, 0.2) is 11.6 Å². The highest BCUT2D eigenvalue weighted by atomic mass is 35.5. The van der Waals surface area contributed by atoms with Crippen LogP contribution in [0.4, 0.5) is 11.5 Å². The summed E-state index contributed by atoms with van der Waals surface area (Å²) in [5.41, 5.74) is 6.18. The summed E-state index contributed by atoms with van der Waals surface area (Å²) in [5.74, 6) is 0.688. The van der Waals surface area contributed by atoms with E-state index in [0.29, 0.717) is 22.9 Å². The summed E-state index contributed by atoms with van der Waals surface area (Å²) in [6.07, 6.45) is 3.53. The van der Waals surface area contributed by atoms with Crippen LogP contribution in [-0.2, 0) is 4.79 Å². The van der Waals surface area contributed by atoms with Crippen molar-refractivity contribution in [3.8, 4) is 5.82 Å². The van der Waals surface area contributed by atoms with Gasteiger partial charge in [-0.1, -0.05) is 11.6 Å². The van der Waals surface area contributed by atoms with Gasteiger partial charge in [-0.15, -0.1) is 0 Å². The molecule has 2 rings (SSSR count). The molecule has 16 heavy (non-hydrogen) atoms. The first kappa shape index (κ1) is 10.4. The Morgan fingerprint density at radius 3 is 3.06 bits per heavy atom. The van der Waals surface area contributed by atoms with Crippen molar-refractivity contribution in [3.63, 3.8) is 0 Å². The number of carbonyl (C=O) groups is 1. The lowest BCUT2D eigenvalue weighted by Gasteiger charge is -2.04. The molecule has 0 aliphatic rings. The molecule has 1 amide bonds. The number of halogens is 1. The highest BCUT2D eigenvalue weighted by molar-refractivity contribution is 6.32. The zero-order valence-electron chi connectivity index (χ0n) is 8.09. The van der Waals surface area contributed by atoms with E-state index in [1.807, 2.05) is 0 Å². The third kappa shape index (κ3) is 1.70. The van der Waals surface area contributed by atoms with Crippen LogP contribution in [0.3, 0.4) is 0 Å². The molecule has 0 atom stereocenters. The van der Waals surface area contributed by atoms with Crippen LogP contribution in [-0.4, -0.2) is 21.2 Å². The Kier molecular flexibility index (Phi) is 2.74. The average Bonchev–Trinajstić information content (AvgIpc) is 2.62. The minimum absolute atomic E-state index is 0.271. The van der Waals surface area contributed by atoms with Gasteiger partial charge < -0.3 is 11.1 Å². The number of hydrogen-bond donors (Lipinski definition) is 2. The van der Waals surface area contributed by atoms with Gasteiger partial charge in [0.05, 0.1) is 11.2 Å². The lowest BCUT2D eigenvalue weighted by atomic mass is 10.4. The van der Waals surface area contributed by atoms with Crippen molar-refractivity contribution < 1.29 is 4.79 Å². The number of pyridine rings is 1. The normalized spacial score (nSPS) is 10.1. The molecule has 0 bridgehead atoms. The number of carbonyl (C=O) groups excluding carboxylic acids is 1. The minimum atomic E-state index is 0.271. The van der Waals surface area contributed by atoms with E-state index in [1.54, 1.807) is 18.3 Å². The van der Waals surface area contributed by atoms with E-state index in [1.165, 1.54) is 10.9 Å². The summed E-state index contributed by atoms with van der Waals surface area (Å²) in [7, 11) is 0. The summed E-state index contributed by atoms with van der Waals surface area (Å²) in [5, 5.41) is 6.84. The van der Waals surface area contributed by atoms with Crippen LogP contribution in [0.5, 0.6) is 0 Å². The number of nitrogens with two attached hydrogens (primary N) is 1. The van der Waals surface area contributed by atoms with Crippen molar-refractivity contribution >= 4 is 29.5 Å². The molecule has 0 saturated heterocycles. The smallest absolute Gasteiger partial charge is 0.211 e. The molecule has 2 aromatic rings. The minimum Gasteiger partial charge on any atom is -0.382 e. The second-order valence-corrected chi connectivity index (χ2v) is 3.33. The third-order valence-electron chi connectivity index (χ3n) is 1.96. The quantitative estimate of drug-likeness (QED) is 0.782. The Morgan fingerprint density at radius 2 is 2.38 bits per heavy atom. The SMILES string of the molecule is Nc1c(NC=O)cnn1-c1ncccc1Cl. The maximum absolute atomic E-state index is 10.3. The monoisotopic (exact) mass is 237 g/mol. The second kappa shape index (κ2) is 4.19. The van der Waals surface area contributed by atoms with Gasteiger partial charge >= 0.3 is 0 Å². The summed E-state index contributed by atoms with van der Waals surface area (Å²) < 4.78 is 1.36. The van der Waals surface area contributed by atoms with Crippen LogP contribution in [0.25, 0.3) is 5.82 Å². The number of rotatable bonds is 3. The topological polar surface area (TPSA) is 85.8 Å². The largest absolute Gasteiger partial charge is 0.382 e. The number of amides is 1. The number of nitrogen functional groups attached to an aromatic ring is 1. The van der Waals surface area contributed by atoms with Crippen molar-refractivity contribution in [3.05, 3.63) is 29.5 Å². The third-order valence-corrected chi connectivity index (χ3v) is 2.26. The van der Waals surface area contributed by atoms with Gasteiger partial charge in [-0.3, -0.25) is 4.79 Å². The predicted octanol–water partition coefficient (Wildman–Crippen LogP) is 1.07. The first-order valence-electron chi connectivity index (χ1n) is 4.38. The molecule has 0 unspecified atom stereocenters. The molecule has 0 spiro atoms. The van der Waals surface area contributed by atoms with E-state index < -0.39 is 0 Å². The van der Waals surface area contributed by atoms with Crippen molar-refractivity contribution in [2.45, 2.75) is 0 Å². The van der Waals surface area contributed by atoms with E-state index in [2.05, 4.69) is 15.4 Å². The van der Waals surface area contributed by atoms with Crippen molar-refractivity contribution in [1.82, 2.24) is 14.8 Å². The molecule has 0 fully saturated rings. The van der Waals surface area contributed by atoms with Gasteiger partial charge in [0, 0.05) is 6.20 Å². The summed E-state index contributed by atoms with van der Waals surface area (Å²) in [6, 6.07) is 3.38. The summed E-state index contributed by atoms with van der Waals surface area (Å²) >= 11 is 5.95. The number of anilines is 2. The molecule has 2 aromatic heterocycles. The first-order chi connectivity index (χ1) is 7.74. The Hall–Kier alpha value is -2.08. The maximum atomic E-state index is 10.3. The van der Waals surface area contributed by atoms with Gasteiger partial charge in [-0.2, -0.15) is 9.78 Å². The van der Waals surface area contributed by atoms with Gasteiger partial charge in [0.1, 0.15) is 5.69 Å². The van der Waals surface area contributed by atoms with Crippen LogP contribution in [0, 0.1) is 0 Å². The average molecular weight is 238 g/mol. The summed E-state index contributed by atoms with van der Waals surface area (Å²) in [4.78, 5) is 14.3. The van der Waals surface area contributed by atoms with Crippen molar-refractivity contribution in [2.24, 2.45) is 0 Å². The zero-order valence-corrected chi connectivity index (χ0v) is 8.85. The Labute approximate surface area is 96.0 Å². The van der Waals surface area contributed by atoms with Crippen molar-refractivity contribution in [2.75, 3.05) is 11.1 Å². The Morgan fingerprint density at radius 1 is 1.56 bits per heavy atom. The van der Waals surface area contributed by atoms with Gasteiger partial charge in [-0.25, -0.2) is 4.98 Å². The number of nitrogens with one attached hydrogen (secondary N) is 1. The molecule has 0 aliphatic heterocycles. The molecule has 0 aliphatic carbocycles.